The van der Waals surface area contributed by atoms with Gasteiger partial charge in [-0.3, -0.25) is 4.79 Å². The zero-order valence-corrected chi connectivity index (χ0v) is 11.6. The van der Waals surface area contributed by atoms with Crippen molar-refractivity contribution in [2.75, 3.05) is 25.1 Å². The van der Waals surface area contributed by atoms with E-state index in [1.54, 1.807) is 0 Å². The summed E-state index contributed by atoms with van der Waals surface area (Å²) in [5, 5.41) is 6.18. The van der Waals surface area contributed by atoms with Crippen LogP contribution < -0.4 is 10.6 Å². The van der Waals surface area contributed by atoms with E-state index in [1.165, 1.54) is 0 Å². The molecule has 2 saturated heterocycles. The molecule has 5 nitrogen and oxygen atoms in total. The number of carbonyl (C=O) groups is 1. The Morgan fingerprint density at radius 2 is 1.95 bits per heavy atom. The summed E-state index contributed by atoms with van der Waals surface area (Å²) >= 11 is 0. The van der Waals surface area contributed by atoms with Crippen LogP contribution in [0.5, 0.6) is 0 Å². The first kappa shape index (κ1) is 13.5. The van der Waals surface area contributed by atoms with Gasteiger partial charge in [0.2, 0.25) is 5.91 Å². The third kappa shape index (κ3) is 2.85. The van der Waals surface area contributed by atoms with Gasteiger partial charge in [0.25, 0.3) is 0 Å². The smallest absolute Gasteiger partial charge is 0.241 e. The lowest BCUT2D eigenvalue weighted by molar-refractivity contribution is -0.118. The first-order valence-corrected chi connectivity index (χ1v) is 7.11. The zero-order valence-electron chi connectivity index (χ0n) is 11.6. The second kappa shape index (κ2) is 5.91. The molecule has 0 radical (unpaired) electrons. The Bertz CT molecular complexity index is 469. The minimum Gasteiger partial charge on any atom is -0.346 e. The molecule has 0 aromatic heterocycles. The maximum atomic E-state index is 12.1. The number of anilines is 1. The highest BCUT2D eigenvalue weighted by Crippen LogP contribution is 2.24. The predicted octanol–water partition coefficient (Wildman–Crippen LogP) is 1.67. The number of nitrogens with one attached hydrogen (secondary N) is 2. The molecule has 0 saturated carbocycles. The van der Waals surface area contributed by atoms with Crippen molar-refractivity contribution in [2.24, 2.45) is 5.92 Å². The Morgan fingerprint density at radius 1 is 1.25 bits per heavy atom. The second-order valence-corrected chi connectivity index (χ2v) is 5.38. The zero-order chi connectivity index (χ0) is 13.9. The van der Waals surface area contributed by atoms with Gasteiger partial charge in [0.1, 0.15) is 0 Å². The minimum absolute atomic E-state index is 0.0381. The number of hydrogen-bond donors (Lipinski definition) is 2. The van der Waals surface area contributed by atoms with Crippen LogP contribution in [0, 0.1) is 5.92 Å². The molecule has 2 aliphatic heterocycles. The third-order valence-corrected chi connectivity index (χ3v) is 3.89. The van der Waals surface area contributed by atoms with Crippen LogP contribution >= 0.6 is 0 Å². The van der Waals surface area contributed by atoms with Crippen LogP contribution in [0.3, 0.4) is 0 Å². The standard InChI is InChI=1S/C15H20N2O3/c1-10-6-7-16-13(10)14(18)17-12-4-2-11(3-5-12)15-19-8-9-20-15/h2-5,10,13,15-16H,6-9H2,1H3,(H,17,18). The average Bonchev–Trinajstić information content (AvgIpc) is 3.10. The van der Waals surface area contributed by atoms with Gasteiger partial charge < -0.3 is 20.1 Å². The van der Waals surface area contributed by atoms with Gasteiger partial charge in [0.15, 0.2) is 6.29 Å². The monoisotopic (exact) mass is 276 g/mol. The molecule has 3 rings (SSSR count). The molecular weight excluding hydrogens is 256 g/mol. The van der Waals surface area contributed by atoms with Crippen LogP contribution in [0.25, 0.3) is 0 Å². The fraction of sp³-hybridized carbons (Fsp3) is 0.533. The lowest BCUT2D eigenvalue weighted by atomic mass is 10.0. The summed E-state index contributed by atoms with van der Waals surface area (Å²) in [6.07, 6.45) is 0.782. The third-order valence-electron chi connectivity index (χ3n) is 3.89. The summed E-state index contributed by atoms with van der Waals surface area (Å²) in [4.78, 5) is 12.1. The Labute approximate surface area is 118 Å². The molecule has 1 amide bonds. The normalized spacial score (nSPS) is 26.9. The first-order chi connectivity index (χ1) is 9.74. The van der Waals surface area contributed by atoms with E-state index in [1.807, 2.05) is 24.3 Å². The van der Waals surface area contributed by atoms with Gasteiger partial charge in [-0.2, -0.15) is 0 Å². The molecule has 2 heterocycles. The minimum atomic E-state index is -0.267. The number of carbonyl (C=O) groups excluding carboxylic acids is 1. The van der Waals surface area contributed by atoms with Crippen molar-refractivity contribution in [3.05, 3.63) is 29.8 Å². The van der Waals surface area contributed by atoms with Crippen molar-refractivity contribution >= 4 is 11.6 Å². The van der Waals surface area contributed by atoms with Gasteiger partial charge in [-0.05, 0) is 31.0 Å². The molecule has 0 bridgehead atoms. The van der Waals surface area contributed by atoms with Crippen LogP contribution in [0.1, 0.15) is 25.2 Å². The molecule has 2 atom stereocenters. The second-order valence-electron chi connectivity index (χ2n) is 5.38. The molecule has 5 heteroatoms. The fourth-order valence-corrected chi connectivity index (χ4v) is 2.68. The molecule has 108 valence electrons. The molecule has 1 aromatic carbocycles. The van der Waals surface area contributed by atoms with E-state index < -0.39 is 0 Å². The Morgan fingerprint density at radius 3 is 2.55 bits per heavy atom. The quantitative estimate of drug-likeness (QED) is 0.881. The number of hydrogen-bond acceptors (Lipinski definition) is 4. The van der Waals surface area contributed by atoms with Crippen molar-refractivity contribution in [1.82, 2.24) is 5.32 Å². The van der Waals surface area contributed by atoms with E-state index in [4.69, 9.17) is 9.47 Å². The van der Waals surface area contributed by atoms with Crippen molar-refractivity contribution in [3.8, 4) is 0 Å². The number of ether oxygens (including phenoxy) is 2. The highest BCUT2D eigenvalue weighted by Gasteiger charge is 2.29. The fourth-order valence-electron chi connectivity index (χ4n) is 2.68. The van der Waals surface area contributed by atoms with Gasteiger partial charge in [-0.1, -0.05) is 19.1 Å². The highest BCUT2D eigenvalue weighted by molar-refractivity contribution is 5.95. The lowest BCUT2D eigenvalue weighted by Crippen LogP contribution is -2.39. The van der Waals surface area contributed by atoms with Gasteiger partial charge in [0.05, 0.1) is 19.3 Å². The molecule has 0 aliphatic carbocycles. The molecule has 20 heavy (non-hydrogen) atoms. The van der Waals surface area contributed by atoms with Gasteiger partial charge in [-0.15, -0.1) is 0 Å². The van der Waals surface area contributed by atoms with Crippen molar-refractivity contribution in [3.63, 3.8) is 0 Å². The molecule has 2 aliphatic rings. The summed E-state index contributed by atoms with van der Waals surface area (Å²) in [6.45, 7) is 4.28. The topological polar surface area (TPSA) is 59.6 Å². The van der Waals surface area contributed by atoms with E-state index in [0.29, 0.717) is 19.1 Å². The molecule has 0 spiro atoms. The number of benzene rings is 1. The summed E-state index contributed by atoms with van der Waals surface area (Å²) in [6, 6.07) is 7.54. The van der Waals surface area contributed by atoms with Gasteiger partial charge in [-0.25, -0.2) is 0 Å². The Hall–Kier alpha value is -1.43. The van der Waals surface area contributed by atoms with E-state index in [9.17, 15) is 4.79 Å². The molecule has 2 unspecified atom stereocenters. The summed E-state index contributed by atoms with van der Waals surface area (Å²) < 4.78 is 10.9. The Kier molecular flexibility index (Phi) is 4.00. The maximum absolute atomic E-state index is 12.1. The predicted molar refractivity (Wildman–Crippen MR) is 75.3 cm³/mol. The molecule has 1 aromatic rings. The van der Waals surface area contributed by atoms with Crippen molar-refractivity contribution in [2.45, 2.75) is 25.7 Å². The molecular formula is C15H20N2O3. The van der Waals surface area contributed by atoms with Crippen LogP contribution in [-0.2, 0) is 14.3 Å². The van der Waals surface area contributed by atoms with Crippen molar-refractivity contribution < 1.29 is 14.3 Å². The number of amides is 1. The molecule has 2 fully saturated rings. The van der Waals surface area contributed by atoms with E-state index in [2.05, 4.69) is 17.6 Å². The highest BCUT2D eigenvalue weighted by atomic mass is 16.7. The van der Waals surface area contributed by atoms with Gasteiger partial charge in [0, 0.05) is 11.3 Å². The van der Waals surface area contributed by atoms with Crippen molar-refractivity contribution in [1.29, 1.82) is 0 Å². The average molecular weight is 276 g/mol. The van der Waals surface area contributed by atoms with Crippen LogP contribution in [-0.4, -0.2) is 31.7 Å². The van der Waals surface area contributed by atoms with E-state index in [0.717, 1.165) is 24.2 Å². The largest absolute Gasteiger partial charge is 0.346 e. The summed E-state index contributed by atoms with van der Waals surface area (Å²) in [7, 11) is 0. The van der Waals surface area contributed by atoms with Gasteiger partial charge >= 0.3 is 0 Å². The summed E-state index contributed by atoms with van der Waals surface area (Å²) in [5.41, 5.74) is 1.78. The SMILES string of the molecule is CC1CCNC1C(=O)Nc1ccc(C2OCCO2)cc1. The lowest BCUT2D eigenvalue weighted by Gasteiger charge is -2.16. The van der Waals surface area contributed by atoms with E-state index >= 15 is 0 Å². The Balaban J connectivity index is 1.61. The van der Waals surface area contributed by atoms with Crippen LogP contribution in [0.4, 0.5) is 5.69 Å². The molecule has 2 N–H and O–H groups in total. The first-order valence-electron chi connectivity index (χ1n) is 7.11. The van der Waals surface area contributed by atoms with Crippen LogP contribution in [0.2, 0.25) is 0 Å². The number of rotatable bonds is 3. The van der Waals surface area contributed by atoms with E-state index in [-0.39, 0.29) is 18.2 Å². The maximum Gasteiger partial charge on any atom is 0.241 e. The summed E-state index contributed by atoms with van der Waals surface area (Å²) in [5.74, 6) is 0.422. The van der Waals surface area contributed by atoms with Crippen LogP contribution in [0.15, 0.2) is 24.3 Å².